The van der Waals surface area contributed by atoms with Gasteiger partial charge in [-0.2, -0.15) is 0 Å². The van der Waals surface area contributed by atoms with E-state index in [2.05, 4.69) is 50.3 Å². The SMILES string of the molecule is CC1(C)CCC(=Cc2ccccc2)C12CO2. The summed E-state index contributed by atoms with van der Waals surface area (Å²) in [4.78, 5) is 0. The topological polar surface area (TPSA) is 12.5 Å². The molecule has 1 nitrogen and oxygen atoms in total. The first kappa shape index (κ1) is 10.1. The Morgan fingerprint density at radius 3 is 2.50 bits per heavy atom. The lowest BCUT2D eigenvalue weighted by Gasteiger charge is -2.23. The van der Waals surface area contributed by atoms with Crippen LogP contribution in [0.5, 0.6) is 0 Å². The molecule has 1 saturated heterocycles. The molecule has 1 aliphatic heterocycles. The summed E-state index contributed by atoms with van der Waals surface area (Å²) in [7, 11) is 0. The van der Waals surface area contributed by atoms with Crippen LogP contribution in [0.15, 0.2) is 35.9 Å². The zero-order valence-corrected chi connectivity index (χ0v) is 9.99. The van der Waals surface area contributed by atoms with E-state index in [9.17, 15) is 0 Å². The summed E-state index contributed by atoms with van der Waals surface area (Å²) >= 11 is 0. The molecular weight excluding hydrogens is 196 g/mol. The second kappa shape index (κ2) is 3.21. The molecule has 1 saturated carbocycles. The first-order valence-electron chi connectivity index (χ1n) is 6.04. The molecule has 2 fully saturated rings. The quantitative estimate of drug-likeness (QED) is 0.650. The molecule has 1 aromatic carbocycles. The van der Waals surface area contributed by atoms with E-state index in [4.69, 9.17) is 4.74 Å². The fourth-order valence-electron chi connectivity index (χ4n) is 2.87. The zero-order chi connectivity index (χ0) is 11.2. The van der Waals surface area contributed by atoms with Crippen LogP contribution in [-0.2, 0) is 4.74 Å². The third kappa shape index (κ3) is 1.35. The number of rotatable bonds is 1. The number of benzene rings is 1. The van der Waals surface area contributed by atoms with Crippen LogP contribution in [0, 0.1) is 5.41 Å². The van der Waals surface area contributed by atoms with Gasteiger partial charge in [-0.05, 0) is 24.0 Å². The standard InChI is InChI=1S/C15H18O/c1-14(2)9-8-13(15(14)11-16-15)10-12-6-4-3-5-7-12/h3-7,10H,8-9,11H2,1-2H3. The minimum Gasteiger partial charge on any atom is -0.364 e. The zero-order valence-electron chi connectivity index (χ0n) is 9.99. The molecule has 1 atom stereocenters. The van der Waals surface area contributed by atoms with E-state index in [1.807, 2.05) is 0 Å². The first-order valence-corrected chi connectivity index (χ1v) is 6.04. The summed E-state index contributed by atoms with van der Waals surface area (Å²) in [5.74, 6) is 0. The van der Waals surface area contributed by atoms with Gasteiger partial charge in [0, 0.05) is 5.41 Å². The summed E-state index contributed by atoms with van der Waals surface area (Å²) < 4.78 is 5.79. The van der Waals surface area contributed by atoms with Crippen molar-refractivity contribution in [3.8, 4) is 0 Å². The maximum atomic E-state index is 5.79. The fourth-order valence-corrected chi connectivity index (χ4v) is 2.87. The lowest BCUT2D eigenvalue weighted by atomic mass is 9.80. The molecule has 3 rings (SSSR count). The van der Waals surface area contributed by atoms with Crippen molar-refractivity contribution in [2.75, 3.05) is 6.61 Å². The minimum atomic E-state index is 0.0723. The highest BCUT2D eigenvalue weighted by molar-refractivity contribution is 5.58. The molecule has 1 heteroatoms. The van der Waals surface area contributed by atoms with Gasteiger partial charge in [0.1, 0.15) is 5.60 Å². The largest absolute Gasteiger partial charge is 0.364 e. The van der Waals surface area contributed by atoms with Crippen molar-refractivity contribution in [2.24, 2.45) is 5.41 Å². The molecule has 0 N–H and O–H groups in total. The number of hydrogen-bond acceptors (Lipinski definition) is 1. The van der Waals surface area contributed by atoms with Gasteiger partial charge in [0.05, 0.1) is 6.61 Å². The predicted octanol–water partition coefficient (Wildman–Crippen LogP) is 3.66. The van der Waals surface area contributed by atoms with Gasteiger partial charge < -0.3 is 4.74 Å². The Labute approximate surface area is 97.1 Å². The molecule has 1 aliphatic carbocycles. The van der Waals surface area contributed by atoms with Gasteiger partial charge in [-0.3, -0.25) is 0 Å². The van der Waals surface area contributed by atoms with E-state index < -0.39 is 0 Å². The second-order valence-electron chi connectivity index (χ2n) is 5.58. The average molecular weight is 214 g/mol. The maximum absolute atomic E-state index is 5.79. The highest BCUT2D eigenvalue weighted by Gasteiger charge is 2.62. The van der Waals surface area contributed by atoms with Crippen molar-refractivity contribution in [3.05, 3.63) is 41.5 Å². The Balaban J connectivity index is 1.96. The fraction of sp³-hybridized carbons (Fsp3) is 0.467. The Morgan fingerprint density at radius 1 is 1.19 bits per heavy atom. The first-order chi connectivity index (χ1) is 7.64. The van der Waals surface area contributed by atoms with Gasteiger partial charge in [0.2, 0.25) is 0 Å². The second-order valence-corrected chi connectivity index (χ2v) is 5.58. The average Bonchev–Trinajstić information content (AvgIpc) is 3.03. The predicted molar refractivity (Wildman–Crippen MR) is 66.1 cm³/mol. The van der Waals surface area contributed by atoms with Gasteiger partial charge in [0.25, 0.3) is 0 Å². The van der Waals surface area contributed by atoms with E-state index in [1.165, 1.54) is 24.0 Å². The molecule has 84 valence electrons. The van der Waals surface area contributed by atoms with Crippen LogP contribution in [0.2, 0.25) is 0 Å². The molecule has 1 heterocycles. The summed E-state index contributed by atoms with van der Waals surface area (Å²) in [5.41, 5.74) is 3.17. The highest BCUT2D eigenvalue weighted by atomic mass is 16.6. The minimum absolute atomic E-state index is 0.0723. The normalized spacial score (nSPS) is 33.5. The Hall–Kier alpha value is -1.08. The van der Waals surface area contributed by atoms with E-state index in [-0.39, 0.29) is 5.60 Å². The number of hydrogen-bond donors (Lipinski definition) is 0. The van der Waals surface area contributed by atoms with Crippen LogP contribution in [0.1, 0.15) is 32.3 Å². The molecular formula is C15H18O. The Morgan fingerprint density at radius 2 is 1.88 bits per heavy atom. The lowest BCUT2D eigenvalue weighted by Crippen LogP contribution is -2.27. The van der Waals surface area contributed by atoms with Gasteiger partial charge in [-0.1, -0.05) is 50.3 Å². The molecule has 0 amide bonds. The third-order valence-electron chi connectivity index (χ3n) is 4.20. The van der Waals surface area contributed by atoms with Gasteiger partial charge in [0.15, 0.2) is 0 Å². The van der Waals surface area contributed by atoms with Crippen LogP contribution in [-0.4, -0.2) is 12.2 Å². The van der Waals surface area contributed by atoms with E-state index in [0.717, 1.165) is 6.61 Å². The van der Waals surface area contributed by atoms with Crippen molar-refractivity contribution in [1.29, 1.82) is 0 Å². The van der Waals surface area contributed by atoms with Crippen molar-refractivity contribution in [3.63, 3.8) is 0 Å². The highest BCUT2D eigenvalue weighted by Crippen LogP contribution is 2.59. The van der Waals surface area contributed by atoms with Crippen LogP contribution < -0.4 is 0 Å². The summed E-state index contributed by atoms with van der Waals surface area (Å²) in [6.45, 7) is 5.57. The molecule has 0 bridgehead atoms. The smallest absolute Gasteiger partial charge is 0.118 e. The molecule has 16 heavy (non-hydrogen) atoms. The van der Waals surface area contributed by atoms with Crippen LogP contribution in [0.25, 0.3) is 6.08 Å². The third-order valence-corrected chi connectivity index (χ3v) is 4.20. The lowest BCUT2D eigenvalue weighted by molar-refractivity contribution is 0.197. The summed E-state index contributed by atoms with van der Waals surface area (Å²) in [6.07, 6.45) is 4.75. The molecule has 0 radical (unpaired) electrons. The van der Waals surface area contributed by atoms with E-state index in [0.29, 0.717) is 5.41 Å². The number of epoxide rings is 1. The van der Waals surface area contributed by atoms with Crippen LogP contribution in [0.3, 0.4) is 0 Å². The summed E-state index contributed by atoms with van der Waals surface area (Å²) in [5, 5.41) is 0. The number of ether oxygens (including phenoxy) is 1. The van der Waals surface area contributed by atoms with Crippen molar-refractivity contribution < 1.29 is 4.74 Å². The molecule has 1 unspecified atom stereocenters. The van der Waals surface area contributed by atoms with Gasteiger partial charge in [-0.15, -0.1) is 0 Å². The van der Waals surface area contributed by atoms with Crippen molar-refractivity contribution in [1.82, 2.24) is 0 Å². The summed E-state index contributed by atoms with van der Waals surface area (Å²) in [6, 6.07) is 10.6. The van der Waals surface area contributed by atoms with Gasteiger partial charge in [-0.25, -0.2) is 0 Å². The van der Waals surface area contributed by atoms with E-state index >= 15 is 0 Å². The van der Waals surface area contributed by atoms with Crippen LogP contribution in [0.4, 0.5) is 0 Å². The molecule has 0 aromatic heterocycles. The van der Waals surface area contributed by atoms with Gasteiger partial charge >= 0.3 is 0 Å². The molecule has 1 aromatic rings. The maximum Gasteiger partial charge on any atom is 0.118 e. The van der Waals surface area contributed by atoms with Crippen molar-refractivity contribution in [2.45, 2.75) is 32.3 Å². The molecule has 1 spiro atoms. The van der Waals surface area contributed by atoms with E-state index in [1.54, 1.807) is 0 Å². The molecule has 2 aliphatic rings. The Bertz CT molecular complexity index is 424. The van der Waals surface area contributed by atoms with Crippen LogP contribution >= 0.6 is 0 Å². The van der Waals surface area contributed by atoms with Crippen molar-refractivity contribution >= 4 is 6.08 Å². The Kier molecular flexibility index (Phi) is 2.02. The monoisotopic (exact) mass is 214 g/mol.